The number of rotatable bonds is 3. The van der Waals surface area contributed by atoms with E-state index in [9.17, 15) is 13.4 Å². The standard InChI is InChI=1S/C13H19BN2O4S/c1-21(18,19)16-8-6-15(7-9-16)10-13-11-4-2-3-5-12(11)14(17)20-13/h2-5,13,17H,6-10H2,1H3. The van der Waals surface area contributed by atoms with Gasteiger partial charge in [0.25, 0.3) is 0 Å². The molecule has 1 fully saturated rings. The number of fused-ring (bicyclic) bond motifs is 1. The minimum absolute atomic E-state index is 0.152. The van der Waals surface area contributed by atoms with E-state index in [-0.39, 0.29) is 6.10 Å². The van der Waals surface area contributed by atoms with Gasteiger partial charge in [0.05, 0.1) is 12.4 Å². The Hall–Kier alpha value is -0.925. The molecule has 0 radical (unpaired) electrons. The normalized spacial score (nSPS) is 24.3. The van der Waals surface area contributed by atoms with E-state index in [1.54, 1.807) is 0 Å². The maximum Gasteiger partial charge on any atom is 0.492 e. The van der Waals surface area contributed by atoms with E-state index >= 15 is 0 Å². The Labute approximate surface area is 125 Å². The van der Waals surface area contributed by atoms with Crippen molar-refractivity contribution in [3.8, 4) is 0 Å². The highest BCUT2D eigenvalue weighted by atomic mass is 32.2. The summed E-state index contributed by atoms with van der Waals surface area (Å²) in [5.74, 6) is 0. The first-order valence-electron chi connectivity index (χ1n) is 7.05. The Kier molecular flexibility index (Phi) is 4.07. The minimum atomic E-state index is -3.10. The van der Waals surface area contributed by atoms with Crippen LogP contribution in [0.1, 0.15) is 11.7 Å². The molecule has 1 N–H and O–H groups in total. The summed E-state index contributed by atoms with van der Waals surface area (Å²) in [6, 6.07) is 7.68. The molecule has 2 aliphatic rings. The molecule has 2 heterocycles. The van der Waals surface area contributed by atoms with Crippen LogP contribution < -0.4 is 5.46 Å². The van der Waals surface area contributed by atoms with Gasteiger partial charge >= 0.3 is 7.12 Å². The third kappa shape index (κ3) is 3.14. The molecular formula is C13H19BN2O4S. The van der Waals surface area contributed by atoms with Crippen molar-refractivity contribution in [2.75, 3.05) is 39.0 Å². The summed E-state index contributed by atoms with van der Waals surface area (Å²) >= 11 is 0. The molecule has 0 bridgehead atoms. The number of hydrogen-bond acceptors (Lipinski definition) is 5. The van der Waals surface area contributed by atoms with Gasteiger partial charge in [-0.2, -0.15) is 4.31 Å². The molecule has 0 saturated carbocycles. The quantitative estimate of drug-likeness (QED) is 0.727. The van der Waals surface area contributed by atoms with E-state index in [0.29, 0.717) is 32.7 Å². The van der Waals surface area contributed by atoms with E-state index in [1.807, 2.05) is 24.3 Å². The zero-order valence-corrected chi connectivity index (χ0v) is 12.8. The Morgan fingerprint density at radius 3 is 2.62 bits per heavy atom. The van der Waals surface area contributed by atoms with Crippen LogP contribution in [0.25, 0.3) is 0 Å². The first-order valence-corrected chi connectivity index (χ1v) is 8.90. The van der Waals surface area contributed by atoms with Gasteiger partial charge in [-0.1, -0.05) is 24.3 Å². The smallest absolute Gasteiger partial charge is 0.423 e. The second-order valence-electron chi connectivity index (χ2n) is 5.57. The molecule has 114 valence electrons. The van der Waals surface area contributed by atoms with Crippen LogP contribution in [0.4, 0.5) is 0 Å². The van der Waals surface area contributed by atoms with Crippen LogP contribution in [0.3, 0.4) is 0 Å². The molecule has 21 heavy (non-hydrogen) atoms. The summed E-state index contributed by atoms with van der Waals surface area (Å²) in [7, 11) is -3.96. The van der Waals surface area contributed by atoms with Crippen LogP contribution in [-0.2, 0) is 14.7 Å². The zero-order chi connectivity index (χ0) is 15.0. The molecule has 1 aromatic rings. The van der Waals surface area contributed by atoms with Crippen LogP contribution in [0, 0.1) is 0 Å². The molecule has 0 spiro atoms. The molecule has 0 amide bonds. The number of nitrogens with zero attached hydrogens (tertiary/aromatic N) is 2. The summed E-state index contributed by atoms with van der Waals surface area (Å²) in [6.45, 7) is 3.06. The van der Waals surface area contributed by atoms with Gasteiger partial charge in [-0.3, -0.25) is 4.90 Å². The van der Waals surface area contributed by atoms with Crippen LogP contribution in [0.5, 0.6) is 0 Å². The van der Waals surface area contributed by atoms with Crippen LogP contribution in [-0.4, -0.2) is 68.7 Å². The first kappa shape index (κ1) is 15.0. The van der Waals surface area contributed by atoms with Crippen molar-refractivity contribution in [2.24, 2.45) is 0 Å². The Bertz CT molecular complexity index is 616. The Morgan fingerprint density at radius 1 is 1.29 bits per heavy atom. The second kappa shape index (κ2) is 5.70. The minimum Gasteiger partial charge on any atom is -0.423 e. The van der Waals surface area contributed by atoms with Crippen molar-refractivity contribution in [3.05, 3.63) is 29.8 Å². The number of piperazine rings is 1. The fraction of sp³-hybridized carbons (Fsp3) is 0.538. The lowest BCUT2D eigenvalue weighted by atomic mass is 9.79. The predicted molar refractivity (Wildman–Crippen MR) is 80.7 cm³/mol. The number of hydrogen-bond donors (Lipinski definition) is 1. The average molecular weight is 310 g/mol. The van der Waals surface area contributed by atoms with Crippen molar-refractivity contribution in [2.45, 2.75) is 6.10 Å². The van der Waals surface area contributed by atoms with E-state index < -0.39 is 17.1 Å². The van der Waals surface area contributed by atoms with Crippen molar-refractivity contribution in [1.29, 1.82) is 0 Å². The highest BCUT2D eigenvalue weighted by molar-refractivity contribution is 7.88. The summed E-state index contributed by atoms with van der Waals surface area (Å²) in [4.78, 5) is 2.18. The summed E-state index contributed by atoms with van der Waals surface area (Å²) in [5, 5.41) is 9.90. The topological polar surface area (TPSA) is 70.1 Å². The fourth-order valence-corrected chi connectivity index (χ4v) is 3.78. The van der Waals surface area contributed by atoms with Gasteiger partial charge in [0.15, 0.2) is 0 Å². The first-order chi connectivity index (χ1) is 9.95. The van der Waals surface area contributed by atoms with Crippen molar-refractivity contribution in [3.63, 3.8) is 0 Å². The largest absolute Gasteiger partial charge is 0.492 e. The van der Waals surface area contributed by atoms with Crippen LogP contribution >= 0.6 is 0 Å². The molecule has 0 aliphatic carbocycles. The summed E-state index contributed by atoms with van der Waals surface area (Å²) in [5.41, 5.74) is 1.85. The zero-order valence-electron chi connectivity index (χ0n) is 12.0. The predicted octanol–water partition coefficient (Wildman–Crippen LogP) is -0.977. The van der Waals surface area contributed by atoms with E-state index in [0.717, 1.165) is 11.0 Å². The van der Waals surface area contributed by atoms with Crippen molar-refractivity contribution in [1.82, 2.24) is 9.21 Å². The third-order valence-corrected chi connectivity index (χ3v) is 5.43. The van der Waals surface area contributed by atoms with Gasteiger partial charge in [0.1, 0.15) is 0 Å². The van der Waals surface area contributed by atoms with Gasteiger partial charge < -0.3 is 9.68 Å². The maximum absolute atomic E-state index is 11.5. The lowest BCUT2D eigenvalue weighted by molar-refractivity contribution is 0.104. The maximum atomic E-state index is 11.5. The number of sulfonamides is 1. The van der Waals surface area contributed by atoms with Gasteiger partial charge in [0, 0.05) is 32.7 Å². The van der Waals surface area contributed by atoms with Gasteiger partial charge in [-0.15, -0.1) is 0 Å². The molecule has 1 saturated heterocycles. The summed E-state index contributed by atoms with van der Waals surface area (Å²) in [6.07, 6.45) is 1.09. The van der Waals surface area contributed by atoms with Gasteiger partial charge in [0.2, 0.25) is 10.0 Å². The number of benzene rings is 1. The second-order valence-corrected chi connectivity index (χ2v) is 7.55. The molecule has 6 nitrogen and oxygen atoms in total. The van der Waals surface area contributed by atoms with E-state index in [4.69, 9.17) is 4.65 Å². The molecule has 8 heteroatoms. The Morgan fingerprint density at radius 2 is 1.95 bits per heavy atom. The van der Waals surface area contributed by atoms with E-state index in [1.165, 1.54) is 10.6 Å². The van der Waals surface area contributed by atoms with E-state index in [2.05, 4.69) is 4.90 Å². The molecule has 0 aromatic heterocycles. The molecule has 2 aliphatic heterocycles. The van der Waals surface area contributed by atoms with Crippen LogP contribution in [0.15, 0.2) is 24.3 Å². The van der Waals surface area contributed by atoms with Gasteiger partial charge in [-0.25, -0.2) is 8.42 Å². The SMILES string of the molecule is CS(=O)(=O)N1CCN(CC2OB(O)c3ccccc32)CC1. The van der Waals surface area contributed by atoms with Gasteiger partial charge in [-0.05, 0) is 11.0 Å². The highest BCUT2D eigenvalue weighted by Crippen LogP contribution is 2.24. The molecule has 1 aromatic carbocycles. The lowest BCUT2D eigenvalue weighted by Gasteiger charge is -2.34. The highest BCUT2D eigenvalue weighted by Gasteiger charge is 2.36. The van der Waals surface area contributed by atoms with Crippen molar-refractivity contribution >= 4 is 22.6 Å². The average Bonchev–Trinajstić information content (AvgIpc) is 2.76. The Balaban J connectivity index is 1.62. The molecule has 1 atom stereocenters. The monoisotopic (exact) mass is 310 g/mol. The third-order valence-electron chi connectivity index (χ3n) is 4.13. The lowest BCUT2D eigenvalue weighted by Crippen LogP contribution is -2.49. The summed E-state index contributed by atoms with van der Waals surface area (Å²) < 4.78 is 30.1. The van der Waals surface area contributed by atoms with Crippen LogP contribution in [0.2, 0.25) is 0 Å². The fourth-order valence-electron chi connectivity index (χ4n) is 2.95. The molecule has 3 rings (SSSR count). The molecular weight excluding hydrogens is 291 g/mol. The van der Waals surface area contributed by atoms with Crippen molar-refractivity contribution < 1.29 is 18.1 Å². The molecule has 1 unspecified atom stereocenters.